The number of rotatable bonds is 5. The van der Waals surface area contributed by atoms with E-state index in [0.29, 0.717) is 18.2 Å². The van der Waals surface area contributed by atoms with Crippen molar-refractivity contribution >= 4 is 23.3 Å². The van der Waals surface area contributed by atoms with Gasteiger partial charge in [0.25, 0.3) is 0 Å². The van der Waals surface area contributed by atoms with Crippen LogP contribution in [0.4, 0.5) is 5.95 Å². The third-order valence-corrected chi connectivity index (χ3v) is 3.70. The van der Waals surface area contributed by atoms with E-state index >= 15 is 0 Å². The molecule has 2 heterocycles. The van der Waals surface area contributed by atoms with E-state index < -0.39 is 5.97 Å². The summed E-state index contributed by atoms with van der Waals surface area (Å²) in [7, 11) is 0. The fourth-order valence-corrected chi connectivity index (χ4v) is 2.31. The minimum atomic E-state index is -1.02. The molecule has 0 aliphatic rings. The van der Waals surface area contributed by atoms with Crippen molar-refractivity contribution in [3.8, 4) is 0 Å². The third kappa shape index (κ3) is 3.25. The predicted octanol–water partition coefficient (Wildman–Crippen LogP) is 2.11. The standard InChI is InChI=1S/C12H14N4O2S/c1-3-8-4-13-10(19-8)6-15-12-14-5-9(11(17)18)7(2)16-12/h4-5H,3,6H2,1-2H3,(H,17,18)(H,14,15,16). The molecule has 6 nitrogen and oxygen atoms in total. The molecule has 100 valence electrons. The Morgan fingerprint density at radius 3 is 2.79 bits per heavy atom. The van der Waals surface area contributed by atoms with Gasteiger partial charge in [-0.1, -0.05) is 6.92 Å². The van der Waals surface area contributed by atoms with Gasteiger partial charge in [-0.3, -0.25) is 0 Å². The van der Waals surface area contributed by atoms with Crippen molar-refractivity contribution < 1.29 is 9.90 Å². The zero-order valence-corrected chi connectivity index (χ0v) is 11.5. The van der Waals surface area contributed by atoms with Gasteiger partial charge >= 0.3 is 5.97 Å². The van der Waals surface area contributed by atoms with Crippen LogP contribution in [-0.4, -0.2) is 26.0 Å². The number of carboxylic acids is 1. The topological polar surface area (TPSA) is 88.0 Å². The van der Waals surface area contributed by atoms with Crippen molar-refractivity contribution in [2.24, 2.45) is 0 Å². The molecule has 0 bridgehead atoms. The zero-order valence-electron chi connectivity index (χ0n) is 10.7. The number of hydrogen-bond donors (Lipinski definition) is 2. The van der Waals surface area contributed by atoms with Crippen LogP contribution in [-0.2, 0) is 13.0 Å². The molecule has 0 amide bonds. The number of nitrogens with zero attached hydrogens (tertiary/aromatic N) is 3. The summed E-state index contributed by atoms with van der Waals surface area (Å²) < 4.78 is 0. The van der Waals surface area contributed by atoms with Crippen LogP contribution in [0.5, 0.6) is 0 Å². The molecule has 2 aromatic rings. The quantitative estimate of drug-likeness (QED) is 0.871. The van der Waals surface area contributed by atoms with E-state index in [9.17, 15) is 4.79 Å². The molecule has 0 aliphatic heterocycles. The van der Waals surface area contributed by atoms with Crippen LogP contribution in [0.15, 0.2) is 12.4 Å². The van der Waals surface area contributed by atoms with Crippen LogP contribution in [0.2, 0.25) is 0 Å². The molecule has 0 aliphatic carbocycles. The molecule has 2 N–H and O–H groups in total. The minimum absolute atomic E-state index is 0.119. The van der Waals surface area contributed by atoms with Crippen LogP contribution in [0, 0.1) is 6.92 Å². The molecule has 0 saturated heterocycles. The molecule has 2 aromatic heterocycles. The Kier molecular flexibility index (Phi) is 4.06. The highest BCUT2D eigenvalue weighted by molar-refractivity contribution is 7.11. The molecule has 7 heteroatoms. The van der Waals surface area contributed by atoms with Gasteiger partial charge in [-0.15, -0.1) is 11.3 Å². The minimum Gasteiger partial charge on any atom is -0.478 e. The Bertz CT molecular complexity index is 597. The Hall–Kier alpha value is -2.02. The molecular formula is C12H14N4O2S. The van der Waals surface area contributed by atoms with E-state index in [1.807, 2.05) is 6.20 Å². The van der Waals surface area contributed by atoms with Crippen LogP contribution in [0.3, 0.4) is 0 Å². The lowest BCUT2D eigenvalue weighted by Gasteiger charge is -2.04. The molecule has 0 radical (unpaired) electrons. The van der Waals surface area contributed by atoms with Crippen molar-refractivity contribution in [3.05, 3.63) is 33.5 Å². The lowest BCUT2D eigenvalue weighted by molar-refractivity contribution is 0.0695. The normalized spacial score (nSPS) is 10.4. The van der Waals surface area contributed by atoms with Crippen molar-refractivity contribution in [3.63, 3.8) is 0 Å². The van der Waals surface area contributed by atoms with E-state index in [1.54, 1.807) is 18.3 Å². The fourth-order valence-electron chi connectivity index (χ4n) is 1.51. The number of aromatic nitrogens is 3. The Morgan fingerprint density at radius 1 is 1.42 bits per heavy atom. The zero-order chi connectivity index (χ0) is 13.8. The van der Waals surface area contributed by atoms with Crippen molar-refractivity contribution in [2.75, 3.05) is 5.32 Å². The fraction of sp³-hybridized carbons (Fsp3) is 0.333. The molecule has 0 spiro atoms. The lowest BCUT2D eigenvalue weighted by atomic mass is 10.2. The van der Waals surface area contributed by atoms with E-state index in [0.717, 1.165) is 11.4 Å². The molecule has 0 aromatic carbocycles. The second-order valence-electron chi connectivity index (χ2n) is 3.93. The van der Waals surface area contributed by atoms with Gasteiger partial charge in [0.05, 0.1) is 17.8 Å². The maximum Gasteiger partial charge on any atom is 0.339 e. The van der Waals surface area contributed by atoms with Crippen molar-refractivity contribution in [1.82, 2.24) is 15.0 Å². The van der Waals surface area contributed by atoms with Crippen LogP contribution in [0.25, 0.3) is 0 Å². The first-order chi connectivity index (χ1) is 9.10. The monoisotopic (exact) mass is 278 g/mol. The predicted molar refractivity (Wildman–Crippen MR) is 72.5 cm³/mol. The summed E-state index contributed by atoms with van der Waals surface area (Å²) in [5, 5.41) is 12.9. The van der Waals surface area contributed by atoms with Gasteiger partial charge in [-0.05, 0) is 13.3 Å². The first kappa shape index (κ1) is 13.4. The van der Waals surface area contributed by atoms with E-state index in [4.69, 9.17) is 5.11 Å². The summed E-state index contributed by atoms with van der Waals surface area (Å²) in [5.41, 5.74) is 0.562. The number of anilines is 1. The molecule has 0 unspecified atom stereocenters. The third-order valence-electron chi connectivity index (χ3n) is 2.56. The van der Waals surface area contributed by atoms with Gasteiger partial charge in [0.15, 0.2) is 0 Å². The largest absolute Gasteiger partial charge is 0.478 e. The molecule has 0 saturated carbocycles. The Morgan fingerprint density at radius 2 is 2.21 bits per heavy atom. The van der Waals surface area contributed by atoms with Crippen molar-refractivity contribution in [2.45, 2.75) is 26.8 Å². The molecule has 2 rings (SSSR count). The highest BCUT2D eigenvalue weighted by Crippen LogP contribution is 2.14. The average Bonchev–Trinajstić information content (AvgIpc) is 2.84. The summed E-state index contributed by atoms with van der Waals surface area (Å²) in [6.45, 7) is 4.27. The summed E-state index contributed by atoms with van der Waals surface area (Å²) in [5.74, 6) is -0.604. The smallest absolute Gasteiger partial charge is 0.339 e. The van der Waals surface area contributed by atoms with E-state index in [2.05, 4.69) is 27.2 Å². The second-order valence-corrected chi connectivity index (χ2v) is 5.13. The second kappa shape index (κ2) is 5.75. The summed E-state index contributed by atoms with van der Waals surface area (Å²) in [6.07, 6.45) is 4.15. The molecule has 19 heavy (non-hydrogen) atoms. The van der Waals surface area contributed by atoms with Gasteiger partial charge in [-0.25, -0.2) is 19.7 Å². The van der Waals surface area contributed by atoms with Gasteiger partial charge in [0.2, 0.25) is 5.95 Å². The highest BCUT2D eigenvalue weighted by Gasteiger charge is 2.10. The molecule has 0 fully saturated rings. The van der Waals surface area contributed by atoms with Crippen LogP contribution >= 0.6 is 11.3 Å². The summed E-state index contributed by atoms with van der Waals surface area (Å²) >= 11 is 1.64. The van der Waals surface area contributed by atoms with Crippen LogP contribution < -0.4 is 5.32 Å². The summed E-state index contributed by atoms with van der Waals surface area (Å²) in [6, 6.07) is 0. The first-order valence-corrected chi connectivity index (χ1v) is 6.66. The maximum atomic E-state index is 10.8. The average molecular weight is 278 g/mol. The number of carbonyl (C=O) groups is 1. The number of aryl methyl sites for hydroxylation is 2. The van der Waals surface area contributed by atoms with Crippen LogP contribution in [0.1, 0.15) is 32.9 Å². The highest BCUT2D eigenvalue weighted by atomic mass is 32.1. The molecular weight excluding hydrogens is 264 g/mol. The SMILES string of the molecule is CCc1cnc(CNc2ncc(C(=O)O)c(C)n2)s1. The van der Waals surface area contributed by atoms with Gasteiger partial charge in [0.1, 0.15) is 5.01 Å². The Labute approximate surface area is 114 Å². The van der Waals surface area contributed by atoms with Gasteiger partial charge in [-0.2, -0.15) is 0 Å². The van der Waals surface area contributed by atoms with Gasteiger partial charge < -0.3 is 10.4 Å². The van der Waals surface area contributed by atoms with E-state index in [1.165, 1.54) is 11.1 Å². The van der Waals surface area contributed by atoms with Crippen molar-refractivity contribution in [1.29, 1.82) is 0 Å². The lowest BCUT2D eigenvalue weighted by Crippen LogP contribution is -2.08. The van der Waals surface area contributed by atoms with Gasteiger partial charge in [0, 0.05) is 17.3 Å². The summed E-state index contributed by atoms with van der Waals surface area (Å²) in [4.78, 5) is 24.4. The Balaban J connectivity index is 2.03. The number of hydrogen-bond acceptors (Lipinski definition) is 6. The number of nitrogens with one attached hydrogen (secondary N) is 1. The van der Waals surface area contributed by atoms with E-state index in [-0.39, 0.29) is 5.56 Å². The molecule has 0 atom stereocenters. The first-order valence-electron chi connectivity index (χ1n) is 5.84. The number of carboxylic acid groups (broad SMARTS) is 1. The number of thiazole rings is 1. The maximum absolute atomic E-state index is 10.8. The number of aromatic carboxylic acids is 1.